The molecule has 2 aromatic rings. The van der Waals surface area contributed by atoms with Crippen molar-refractivity contribution in [3.8, 4) is 17.3 Å². The number of aromatic nitrogens is 1. The minimum absolute atomic E-state index is 0.194. The molecule has 1 aromatic heterocycles. The van der Waals surface area contributed by atoms with E-state index in [1.54, 1.807) is 0 Å². The summed E-state index contributed by atoms with van der Waals surface area (Å²) >= 11 is -0.194. The zero-order valence-corrected chi connectivity index (χ0v) is 10.9. The van der Waals surface area contributed by atoms with Crippen molar-refractivity contribution in [2.24, 2.45) is 0 Å². The summed E-state index contributed by atoms with van der Waals surface area (Å²) in [5.74, 6) is 0. The molecule has 0 saturated heterocycles. The van der Waals surface area contributed by atoms with Gasteiger partial charge in [0.1, 0.15) is 0 Å². The van der Waals surface area contributed by atoms with Crippen molar-refractivity contribution in [2.75, 3.05) is 0 Å². The fourth-order valence-electron chi connectivity index (χ4n) is 1.43. The van der Waals surface area contributed by atoms with Crippen LogP contribution in [-0.4, -0.2) is 26.6 Å². The average molecular weight is 304 g/mol. The molecule has 0 amide bonds. The van der Waals surface area contributed by atoms with Gasteiger partial charge in [-0.25, -0.2) is 0 Å². The molecule has 3 heteroatoms. The van der Waals surface area contributed by atoms with Crippen molar-refractivity contribution in [3.05, 3.63) is 42.1 Å². The van der Waals surface area contributed by atoms with Crippen LogP contribution in [0.5, 0.6) is 0 Å². The van der Waals surface area contributed by atoms with Gasteiger partial charge in [0, 0.05) is 0 Å². The molecule has 0 atom stereocenters. The van der Waals surface area contributed by atoms with Gasteiger partial charge in [-0.2, -0.15) is 0 Å². The number of benzene rings is 1. The fourth-order valence-corrected chi connectivity index (χ4v) is 2.72. The molecule has 2 nitrogen and oxygen atoms in total. The van der Waals surface area contributed by atoms with E-state index >= 15 is 0 Å². The van der Waals surface area contributed by atoms with Crippen LogP contribution in [0.3, 0.4) is 0 Å². The van der Waals surface area contributed by atoms with Crippen LogP contribution in [0, 0.1) is 11.3 Å². The third kappa shape index (κ3) is 2.25. The molecule has 0 spiro atoms. The van der Waals surface area contributed by atoms with Gasteiger partial charge >= 0.3 is 99.7 Å². The molecule has 1 heterocycles. The van der Waals surface area contributed by atoms with Crippen LogP contribution >= 0.6 is 0 Å². The Labute approximate surface area is 99.5 Å². The summed E-state index contributed by atoms with van der Waals surface area (Å²) in [7, 11) is 0. The number of rotatable bonds is 2. The van der Waals surface area contributed by atoms with Gasteiger partial charge in [0.05, 0.1) is 0 Å². The Morgan fingerprint density at radius 1 is 1.33 bits per heavy atom. The van der Waals surface area contributed by atoms with Gasteiger partial charge in [-0.3, -0.25) is 0 Å². The van der Waals surface area contributed by atoms with Crippen LogP contribution in [0.1, 0.15) is 5.56 Å². The van der Waals surface area contributed by atoms with Crippen molar-refractivity contribution in [2.45, 2.75) is 4.87 Å². The summed E-state index contributed by atoms with van der Waals surface area (Å²) in [5.41, 5.74) is 2.91. The molecule has 0 aliphatic rings. The van der Waals surface area contributed by atoms with Crippen LogP contribution in [0.4, 0.5) is 0 Å². The summed E-state index contributed by atoms with van der Waals surface area (Å²) in [4.78, 5) is 5.53. The molecular weight excluding hydrogens is 294 g/mol. The number of hydrogen-bond donors (Lipinski definition) is 1. The van der Waals surface area contributed by atoms with Gasteiger partial charge < -0.3 is 0 Å². The minimum atomic E-state index is -0.194. The first-order chi connectivity index (χ1) is 7.33. The second kappa shape index (κ2) is 4.55. The zero-order valence-electron chi connectivity index (χ0n) is 8.36. The number of nitriles is 1. The van der Waals surface area contributed by atoms with Gasteiger partial charge in [-0.15, -0.1) is 0 Å². The third-order valence-electron chi connectivity index (χ3n) is 2.23. The Morgan fingerprint density at radius 3 is 2.87 bits per heavy atom. The molecule has 1 N–H and O–H groups in total. The van der Waals surface area contributed by atoms with Crippen LogP contribution in [0.15, 0.2) is 36.5 Å². The van der Waals surface area contributed by atoms with Gasteiger partial charge in [0.15, 0.2) is 0 Å². The van der Waals surface area contributed by atoms with E-state index in [1.165, 1.54) is 3.51 Å². The molecule has 2 rings (SSSR count). The van der Waals surface area contributed by atoms with Crippen LogP contribution in [0.2, 0.25) is 4.87 Å². The summed E-state index contributed by atoms with van der Waals surface area (Å²) in [6.45, 7) is 0. The Balaban J connectivity index is 2.41. The maximum atomic E-state index is 8.81. The summed E-state index contributed by atoms with van der Waals surface area (Å²) < 4.78 is 1.43. The average Bonchev–Trinajstić information content (AvgIpc) is 2.78. The zero-order chi connectivity index (χ0) is 10.7. The summed E-state index contributed by atoms with van der Waals surface area (Å²) in [6, 6.07) is 12.0. The van der Waals surface area contributed by atoms with Crippen LogP contribution < -0.4 is 3.51 Å². The molecule has 73 valence electrons. The Morgan fingerprint density at radius 2 is 2.20 bits per heavy atom. The van der Waals surface area contributed by atoms with Gasteiger partial charge in [-0.1, -0.05) is 0 Å². The quantitative estimate of drug-likeness (QED) is 0.846. The number of nitrogens with one attached hydrogen (secondary N) is 1. The van der Waals surface area contributed by atoms with Gasteiger partial charge in [0.25, 0.3) is 0 Å². The molecular formula is C12H10N2Sb. The molecule has 15 heavy (non-hydrogen) atoms. The predicted molar refractivity (Wildman–Crippen MR) is 62.2 cm³/mol. The first-order valence-corrected chi connectivity index (χ1v) is 8.45. The maximum absolute atomic E-state index is 8.81. The van der Waals surface area contributed by atoms with Gasteiger partial charge in [-0.05, 0) is 0 Å². The number of hydrogen-bond acceptors (Lipinski definition) is 1. The van der Waals surface area contributed by atoms with Crippen molar-refractivity contribution in [1.29, 1.82) is 5.26 Å². The van der Waals surface area contributed by atoms with Crippen molar-refractivity contribution in [3.63, 3.8) is 0 Å². The topological polar surface area (TPSA) is 39.6 Å². The van der Waals surface area contributed by atoms with E-state index in [0.29, 0.717) is 5.56 Å². The van der Waals surface area contributed by atoms with Crippen LogP contribution in [-0.2, 0) is 0 Å². The van der Waals surface area contributed by atoms with Crippen molar-refractivity contribution in [1.82, 2.24) is 4.98 Å². The molecule has 0 aliphatic carbocycles. The normalized spacial score (nSPS) is 9.87. The van der Waals surface area contributed by atoms with Crippen LogP contribution in [0.25, 0.3) is 11.3 Å². The Bertz CT molecular complexity index is 508. The number of aromatic amines is 1. The second-order valence-electron chi connectivity index (χ2n) is 3.19. The third-order valence-corrected chi connectivity index (χ3v) is 4.44. The predicted octanol–water partition coefficient (Wildman–Crippen LogP) is 1.93. The summed E-state index contributed by atoms with van der Waals surface area (Å²) in [6.07, 6.45) is 2.07. The standard InChI is InChI=1S/C11H7N2.CH3.Sb/c12-8-9-3-1-4-10(7-9)11-5-2-6-13-11;;/h1,3-7,13H;1H3;. The van der Waals surface area contributed by atoms with E-state index in [9.17, 15) is 0 Å². The van der Waals surface area contributed by atoms with E-state index < -0.39 is 0 Å². The van der Waals surface area contributed by atoms with E-state index in [2.05, 4.69) is 28.2 Å². The molecule has 0 bridgehead atoms. The molecule has 0 saturated carbocycles. The second-order valence-corrected chi connectivity index (χ2v) is 5.94. The molecule has 1 aromatic carbocycles. The number of nitrogens with zero attached hydrogens (tertiary/aromatic N) is 1. The van der Waals surface area contributed by atoms with Crippen molar-refractivity contribution >= 4 is 25.1 Å². The molecule has 0 aliphatic heterocycles. The van der Waals surface area contributed by atoms with E-state index in [0.717, 1.165) is 11.3 Å². The monoisotopic (exact) mass is 303 g/mol. The summed E-state index contributed by atoms with van der Waals surface area (Å²) in [5, 5.41) is 8.81. The molecule has 0 unspecified atom stereocenters. The first kappa shape index (κ1) is 10.3. The van der Waals surface area contributed by atoms with E-state index in [-0.39, 0.29) is 21.6 Å². The first-order valence-electron chi connectivity index (χ1n) is 4.62. The number of H-pyrrole nitrogens is 1. The van der Waals surface area contributed by atoms with Gasteiger partial charge in [0.2, 0.25) is 0 Å². The van der Waals surface area contributed by atoms with E-state index in [4.69, 9.17) is 5.26 Å². The van der Waals surface area contributed by atoms with E-state index in [1.807, 2.05) is 24.3 Å². The SMILES string of the molecule is [CH3][Sb][c]1c[nH]c(-c2cccc(C#N)c2)c1. The Hall–Kier alpha value is -1.19. The molecule has 0 fully saturated rings. The van der Waals surface area contributed by atoms with Crippen molar-refractivity contribution < 1.29 is 0 Å². The Kier molecular flexibility index (Phi) is 3.13. The fraction of sp³-hybridized carbons (Fsp3) is 0.0833. The molecule has 1 radical (unpaired) electrons.